The second kappa shape index (κ2) is 5.42. The highest BCUT2D eigenvalue weighted by Gasteiger charge is 2.33. The Kier molecular flexibility index (Phi) is 4.09. The van der Waals surface area contributed by atoms with Crippen LogP contribution in [0.15, 0.2) is 28.3 Å². The molecule has 0 unspecified atom stereocenters. The Morgan fingerprint density at radius 3 is 2.67 bits per heavy atom. The average molecular weight is 286 g/mol. The van der Waals surface area contributed by atoms with Crippen molar-refractivity contribution in [2.75, 3.05) is 12.3 Å². The number of nitrogen functional groups attached to an aromatic ring is 1. The molecule has 1 heterocycles. The molecule has 18 heavy (non-hydrogen) atoms. The van der Waals surface area contributed by atoms with Crippen LogP contribution in [0.1, 0.15) is 25.7 Å². The van der Waals surface area contributed by atoms with Crippen LogP contribution in [0.3, 0.4) is 0 Å². The summed E-state index contributed by atoms with van der Waals surface area (Å²) in [6, 6.07) is 1.64. The van der Waals surface area contributed by atoms with E-state index in [1.165, 1.54) is 17.4 Å². The minimum atomic E-state index is -3.43. The first-order chi connectivity index (χ1) is 8.55. The highest BCUT2D eigenvalue weighted by atomic mass is 32.2. The highest BCUT2D eigenvalue weighted by molar-refractivity contribution is 7.91. The fraction of sp³-hybridized carbons (Fsp3) is 0.500. The number of hydrogen-bond acceptors (Lipinski definition) is 4. The molecular weight excluding hydrogens is 268 g/mol. The van der Waals surface area contributed by atoms with Crippen LogP contribution in [0.4, 0.5) is 5.69 Å². The number of thiophene rings is 1. The predicted octanol–water partition coefficient (Wildman–Crippen LogP) is 2.45. The van der Waals surface area contributed by atoms with E-state index in [9.17, 15) is 8.42 Å². The molecule has 1 saturated carbocycles. The Bertz CT molecular complexity index is 516. The molecule has 0 aliphatic heterocycles. The predicted molar refractivity (Wildman–Crippen MR) is 75.1 cm³/mol. The number of hydrogen-bond donors (Lipinski definition) is 1. The highest BCUT2D eigenvalue weighted by Crippen LogP contribution is 2.31. The van der Waals surface area contributed by atoms with Crippen molar-refractivity contribution >= 4 is 27.0 Å². The van der Waals surface area contributed by atoms with Crippen molar-refractivity contribution in [1.82, 2.24) is 4.31 Å². The van der Waals surface area contributed by atoms with E-state index >= 15 is 0 Å². The molecule has 0 amide bonds. The lowest BCUT2D eigenvalue weighted by Crippen LogP contribution is -2.38. The maximum Gasteiger partial charge on any atom is 0.253 e. The van der Waals surface area contributed by atoms with Gasteiger partial charge in [0.1, 0.15) is 4.21 Å². The third kappa shape index (κ3) is 2.60. The van der Waals surface area contributed by atoms with Crippen LogP contribution in [0, 0.1) is 0 Å². The van der Waals surface area contributed by atoms with Crippen molar-refractivity contribution in [2.45, 2.75) is 35.9 Å². The molecule has 4 nitrogen and oxygen atoms in total. The van der Waals surface area contributed by atoms with Crippen molar-refractivity contribution < 1.29 is 8.42 Å². The summed E-state index contributed by atoms with van der Waals surface area (Å²) in [6.45, 7) is 4.02. The Morgan fingerprint density at radius 2 is 2.17 bits per heavy atom. The molecule has 2 rings (SSSR count). The zero-order valence-electron chi connectivity index (χ0n) is 10.2. The summed E-state index contributed by atoms with van der Waals surface area (Å²) in [6.07, 6.45) is 5.72. The largest absolute Gasteiger partial charge is 0.398 e. The summed E-state index contributed by atoms with van der Waals surface area (Å²) in [4.78, 5) is 0. The van der Waals surface area contributed by atoms with E-state index in [1.807, 2.05) is 0 Å². The number of rotatable bonds is 5. The molecule has 0 aromatic carbocycles. The van der Waals surface area contributed by atoms with Crippen LogP contribution in [0.2, 0.25) is 0 Å². The molecule has 0 spiro atoms. The van der Waals surface area contributed by atoms with Gasteiger partial charge in [0.15, 0.2) is 0 Å². The van der Waals surface area contributed by atoms with Gasteiger partial charge in [-0.2, -0.15) is 4.31 Å². The first kappa shape index (κ1) is 13.6. The van der Waals surface area contributed by atoms with Crippen LogP contribution < -0.4 is 5.73 Å². The van der Waals surface area contributed by atoms with Crippen LogP contribution in [-0.2, 0) is 10.0 Å². The van der Waals surface area contributed by atoms with Gasteiger partial charge in [-0.15, -0.1) is 17.9 Å². The number of nitrogens with two attached hydrogens (primary N) is 1. The first-order valence-corrected chi connectivity index (χ1v) is 8.34. The molecule has 1 aliphatic carbocycles. The fourth-order valence-electron chi connectivity index (χ4n) is 2.34. The first-order valence-electron chi connectivity index (χ1n) is 6.02. The molecule has 0 atom stereocenters. The fourth-order valence-corrected chi connectivity index (χ4v) is 5.21. The summed E-state index contributed by atoms with van der Waals surface area (Å²) < 4.78 is 27.0. The Labute approximate surface area is 112 Å². The second-order valence-corrected chi connectivity index (χ2v) is 7.53. The van der Waals surface area contributed by atoms with E-state index in [0.717, 1.165) is 25.7 Å². The van der Waals surface area contributed by atoms with Gasteiger partial charge in [0.25, 0.3) is 10.0 Å². The van der Waals surface area contributed by atoms with Crippen molar-refractivity contribution in [3.05, 3.63) is 24.1 Å². The monoisotopic (exact) mass is 286 g/mol. The van der Waals surface area contributed by atoms with E-state index in [2.05, 4.69) is 6.58 Å². The lowest BCUT2D eigenvalue weighted by Gasteiger charge is -2.26. The summed E-state index contributed by atoms with van der Waals surface area (Å²) in [7, 11) is -3.43. The summed E-state index contributed by atoms with van der Waals surface area (Å²) in [5.74, 6) is 0. The van der Waals surface area contributed by atoms with Crippen LogP contribution in [0.5, 0.6) is 0 Å². The van der Waals surface area contributed by atoms with Gasteiger partial charge in [-0.3, -0.25) is 0 Å². The Hall–Kier alpha value is -0.850. The molecule has 1 aromatic rings. The molecule has 0 bridgehead atoms. The van der Waals surface area contributed by atoms with Gasteiger partial charge in [0.2, 0.25) is 0 Å². The van der Waals surface area contributed by atoms with Crippen molar-refractivity contribution in [3.8, 4) is 0 Å². The van der Waals surface area contributed by atoms with Gasteiger partial charge < -0.3 is 5.73 Å². The van der Waals surface area contributed by atoms with Gasteiger partial charge >= 0.3 is 0 Å². The quantitative estimate of drug-likeness (QED) is 0.846. The Balaban J connectivity index is 2.31. The molecule has 2 N–H and O–H groups in total. The van der Waals surface area contributed by atoms with Crippen LogP contribution in [0.25, 0.3) is 0 Å². The second-order valence-electron chi connectivity index (χ2n) is 4.50. The number of nitrogens with zero attached hydrogens (tertiary/aromatic N) is 1. The number of anilines is 1. The normalized spacial score (nSPS) is 17.4. The molecule has 0 saturated heterocycles. The number of sulfonamides is 1. The maximum absolute atomic E-state index is 12.6. The summed E-state index contributed by atoms with van der Waals surface area (Å²) in [5, 5.41) is 1.66. The van der Waals surface area contributed by atoms with Crippen LogP contribution >= 0.6 is 11.3 Å². The average Bonchev–Trinajstić information content (AvgIpc) is 2.96. The van der Waals surface area contributed by atoms with Crippen LogP contribution in [-0.4, -0.2) is 25.3 Å². The van der Waals surface area contributed by atoms with Gasteiger partial charge in [0.05, 0.1) is 0 Å². The zero-order valence-corrected chi connectivity index (χ0v) is 11.8. The molecule has 1 aromatic heterocycles. The van der Waals surface area contributed by atoms with E-state index in [0.29, 0.717) is 16.4 Å². The third-order valence-electron chi connectivity index (χ3n) is 3.20. The van der Waals surface area contributed by atoms with Crippen molar-refractivity contribution in [2.24, 2.45) is 0 Å². The lowest BCUT2D eigenvalue weighted by atomic mass is 10.2. The van der Waals surface area contributed by atoms with Crippen molar-refractivity contribution in [3.63, 3.8) is 0 Å². The van der Waals surface area contributed by atoms with E-state index < -0.39 is 10.0 Å². The topological polar surface area (TPSA) is 63.4 Å². The Morgan fingerprint density at radius 1 is 1.50 bits per heavy atom. The van der Waals surface area contributed by atoms with Gasteiger partial charge in [-0.1, -0.05) is 18.9 Å². The summed E-state index contributed by atoms with van der Waals surface area (Å²) >= 11 is 1.18. The van der Waals surface area contributed by atoms with Gasteiger partial charge in [-0.05, 0) is 18.9 Å². The summed E-state index contributed by atoms with van der Waals surface area (Å²) in [5.41, 5.74) is 6.11. The molecule has 6 heteroatoms. The molecule has 0 radical (unpaired) electrons. The van der Waals surface area contributed by atoms with E-state index in [1.54, 1.807) is 15.8 Å². The third-order valence-corrected chi connectivity index (χ3v) is 6.55. The molecular formula is C12H18N2O2S2. The van der Waals surface area contributed by atoms with E-state index in [-0.39, 0.29) is 6.04 Å². The maximum atomic E-state index is 12.6. The minimum absolute atomic E-state index is 0.108. The SMILES string of the molecule is C=CCN(C1CCCC1)S(=O)(=O)c1cc(N)cs1. The molecule has 1 fully saturated rings. The van der Waals surface area contributed by atoms with Gasteiger partial charge in [0, 0.05) is 23.7 Å². The van der Waals surface area contributed by atoms with Gasteiger partial charge in [-0.25, -0.2) is 8.42 Å². The lowest BCUT2D eigenvalue weighted by molar-refractivity contribution is 0.348. The minimum Gasteiger partial charge on any atom is -0.398 e. The van der Waals surface area contributed by atoms with Crippen molar-refractivity contribution in [1.29, 1.82) is 0 Å². The molecule has 1 aliphatic rings. The standard InChI is InChI=1S/C12H18N2O2S2/c1-2-7-14(11-5-3-4-6-11)18(15,16)12-8-10(13)9-17-12/h2,8-9,11H,1,3-7,13H2. The zero-order chi connectivity index (χ0) is 13.2. The van der Waals surface area contributed by atoms with E-state index in [4.69, 9.17) is 5.73 Å². The smallest absolute Gasteiger partial charge is 0.253 e. The molecule has 100 valence electrons.